The number of nitrogens with zero attached hydrogens (tertiary/aromatic N) is 1. The molecule has 1 aromatic rings. The van der Waals surface area contributed by atoms with Crippen LogP contribution in [-0.2, 0) is 22.6 Å². The number of nitrogens with two attached hydrogens (primary N) is 2. The van der Waals surface area contributed by atoms with Crippen molar-refractivity contribution in [2.75, 3.05) is 0 Å². The third kappa shape index (κ3) is 7.14. The van der Waals surface area contributed by atoms with E-state index in [9.17, 15) is 9.59 Å². The molecule has 0 aromatic carbocycles. The van der Waals surface area contributed by atoms with Gasteiger partial charge in [0, 0.05) is 18.9 Å². The Bertz CT molecular complexity index is 542. The fourth-order valence-corrected chi connectivity index (χ4v) is 2.65. The van der Waals surface area contributed by atoms with Gasteiger partial charge in [-0.05, 0) is 56.6 Å². The Labute approximate surface area is 142 Å². The number of aliphatic carboxylic acids is 2. The van der Waals surface area contributed by atoms with Gasteiger partial charge in [0.05, 0.1) is 0 Å². The minimum Gasteiger partial charge on any atom is -0.480 e. The van der Waals surface area contributed by atoms with Crippen LogP contribution in [0.3, 0.4) is 0 Å². The monoisotopic (exact) mass is 339 g/mol. The smallest absolute Gasteiger partial charge is 0.320 e. The second-order valence-corrected chi connectivity index (χ2v) is 6.34. The van der Waals surface area contributed by atoms with E-state index in [2.05, 4.69) is 23.9 Å². The first-order valence-corrected chi connectivity index (χ1v) is 8.43. The topological polar surface area (TPSA) is 132 Å². The lowest BCUT2D eigenvalue weighted by Crippen LogP contribution is -2.29. The summed E-state index contributed by atoms with van der Waals surface area (Å²) in [5.41, 5.74) is 13.5. The number of unbranched alkanes of at least 4 members (excludes halogenated alkanes) is 2. The van der Waals surface area contributed by atoms with E-state index in [-0.39, 0.29) is 0 Å². The van der Waals surface area contributed by atoms with E-state index < -0.39 is 24.0 Å². The van der Waals surface area contributed by atoms with Gasteiger partial charge in [0.25, 0.3) is 0 Å². The molecule has 0 saturated carbocycles. The van der Waals surface area contributed by atoms with Gasteiger partial charge >= 0.3 is 11.9 Å². The van der Waals surface area contributed by atoms with Crippen LogP contribution in [0.2, 0.25) is 0 Å². The van der Waals surface area contributed by atoms with E-state index in [0.29, 0.717) is 12.8 Å². The van der Waals surface area contributed by atoms with E-state index in [1.807, 2.05) is 0 Å². The molecular weight excluding hydrogens is 310 g/mol. The maximum atomic E-state index is 10.7. The summed E-state index contributed by atoms with van der Waals surface area (Å²) in [6.07, 6.45) is 9.50. The van der Waals surface area contributed by atoms with Gasteiger partial charge in [-0.1, -0.05) is 6.42 Å². The molecule has 7 heteroatoms. The van der Waals surface area contributed by atoms with Crippen molar-refractivity contribution in [3.63, 3.8) is 0 Å². The molecule has 0 amide bonds. The molecule has 7 nitrogen and oxygen atoms in total. The number of hydrogen-bond donors (Lipinski definition) is 4. The Morgan fingerprint density at radius 1 is 1.00 bits per heavy atom. The maximum Gasteiger partial charge on any atom is 0.320 e. The van der Waals surface area contributed by atoms with Crippen molar-refractivity contribution in [2.24, 2.45) is 11.5 Å². The van der Waals surface area contributed by atoms with Crippen LogP contribution >= 0.6 is 0 Å². The third-order valence-electron chi connectivity index (χ3n) is 4.21. The number of aryl methyl sites for hydroxylation is 3. The van der Waals surface area contributed by atoms with Crippen LogP contribution in [0.5, 0.6) is 0 Å². The molecule has 136 valence electrons. The van der Waals surface area contributed by atoms with Crippen molar-refractivity contribution in [3.8, 4) is 0 Å². The lowest BCUT2D eigenvalue weighted by atomic mass is 10.0. The Morgan fingerprint density at radius 2 is 1.54 bits per heavy atom. The summed E-state index contributed by atoms with van der Waals surface area (Å²) in [4.78, 5) is 21.3. The quantitative estimate of drug-likeness (QED) is 0.427. The molecule has 0 aliphatic carbocycles. The first kappa shape index (κ1) is 20.2. The largest absolute Gasteiger partial charge is 0.480 e. The van der Waals surface area contributed by atoms with Crippen LogP contribution in [0.1, 0.15) is 49.7 Å². The molecule has 0 fully saturated rings. The van der Waals surface area contributed by atoms with Crippen molar-refractivity contribution < 1.29 is 19.8 Å². The number of carbonyl (C=O) groups is 2. The standard InChI is InChI=1S/C17H29N3O4/c1-12-10-20(9-5-4-8-15(19)17(23)24)11-13(12)6-2-3-7-14(18)16(21)22/h10-11,14-15H,2-9,18-19H2,1H3,(H,21,22)(H,23,24). The van der Waals surface area contributed by atoms with Gasteiger partial charge in [0.1, 0.15) is 12.1 Å². The van der Waals surface area contributed by atoms with Gasteiger partial charge in [0.2, 0.25) is 0 Å². The minimum atomic E-state index is -0.947. The third-order valence-corrected chi connectivity index (χ3v) is 4.21. The maximum absolute atomic E-state index is 10.7. The van der Waals surface area contributed by atoms with Gasteiger partial charge in [-0.15, -0.1) is 0 Å². The summed E-state index contributed by atoms with van der Waals surface area (Å²) >= 11 is 0. The Hall–Kier alpha value is -1.86. The summed E-state index contributed by atoms with van der Waals surface area (Å²) in [5.74, 6) is -1.89. The molecule has 2 atom stereocenters. The van der Waals surface area contributed by atoms with Crippen molar-refractivity contribution in [1.29, 1.82) is 0 Å². The lowest BCUT2D eigenvalue weighted by molar-refractivity contribution is -0.139. The molecule has 6 N–H and O–H groups in total. The molecular formula is C17H29N3O4. The van der Waals surface area contributed by atoms with Crippen LogP contribution in [0.25, 0.3) is 0 Å². The normalized spacial score (nSPS) is 13.6. The molecule has 24 heavy (non-hydrogen) atoms. The average Bonchev–Trinajstić information content (AvgIpc) is 2.87. The van der Waals surface area contributed by atoms with E-state index in [0.717, 1.165) is 38.6 Å². The van der Waals surface area contributed by atoms with Crippen LogP contribution in [0, 0.1) is 6.92 Å². The molecule has 2 unspecified atom stereocenters. The van der Waals surface area contributed by atoms with Gasteiger partial charge < -0.3 is 26.2 Å². The number of carboxylic acid groups (broad SMARTS) is 2. The Morgan fingerprint density at radius 3 is 2.08 bits per heavy atom. The van der Waals surface area contributed by atoms with E-state index in [4.69, 9.17) is 21.7 Å². The number of hydrogen-bond acceptors (Lipinski definition) is 4. The molecule has 0 bridgehead atoms. The van der Waals surface area contributed by atoms with Gasteiger partial charge in [-0.25, -0.2) is 0 Å². The Balaban J connectivity index is 2.29. The van der Waals surface area contributed by atoms with Crippen molar-refractivity contribution in [3.05, 3.63) is 23.5 Å². The summed E-state index contributed by atoms with van der Waals surface area (Å²) in [6, 6.07) is -1.54. The summed E-state index contributed by atoms with van der Waals surface area (Å²) < 4.78 is 2.12. The summed E-state index contributed by atoms with van der Waals surface area (Å²) in [6.45, 7) is 2.91. The summed E-state index contributed by atoms with van der Waals surface area (Å²) in [7, 11) is 0. The zero-order chi connectivity index (χ0) is 18.1. The zero-order valence-electron chi connectivity index (χ0n) is 14.3. The van der Waals surface area contributed by atoms with Gasteiger partial charge in [-0.2, -0.15) is 0 Å². The van der Waals surface area contributed by atoms with Crippen LogP contribution < -0.4 is 11.5 Å². The SMILES string of the molecule is Cc1cn(CCCCC(N)C(=O)O)cc1CCCCC(N)C(=O)O. The highest BCUT2D eigenvalue weighted by atomic mass is 16.4. The second-order valence-electron chi connectivity index (χ2n) is 6.34. The average molecular weight is 339 g/mol. The van der Waals surface area contributed by atoms with Gasteiger partial charge in [0.15, 0.2) is 0 Å². The van der Waals surface area contributed by atoms with Crippen LogP contribution in [0.4, 0.5) is 0 Å². The fourth-order valence-electron chi connectivity index (χ4n) is 2.65. The second kappa shape index (κ2) is 10.1. The highest BCUT2D eigenvalue weighted by molar-refractivity contribution is 5.73. The van der Waals surface area contributed by atoms with Crippen LogP contribution in [-0.4, -0.2) is 38.8 Å². The number of aromatic nitrogens is 1. The first-order chi connectivity index (χ1) is 11.3. The van der Waals surface area contributed by atoms with Crippen LogP contribution in [0.15, 0.2) is 12.4 Å². The molecule has 1 rings (SSSR count). The summed E-state index contributed by atoms with van der Waals surface area (Å²) in [5, 5.41) is 17.5. The molecule has 0 radical (unpaired) electrons. The number of carboxylic acids is 2. The van der Waals surface area contributed by atoms with Crippen molar-refractivity contribution in [2.45, 2.75) is 70.5 Å². The molecule has 0 aliphatic heterocycles. The predicted octanol–water partition coefficient (Wildman–Crippen LogP) is 1.50. The van der Waals surface area contributed by atoms with Gasteiger partial charge in [-0.3, -0.25) is 9.59 Å². The minimum absolute atomic E-state index is 0.492. The zero-order valence-corrected chi connectivity index (χ0v) is 14.3. The number of rotatable bonds is 12. The predicted molar refractivity (Wildman–Crippen MR) is 91.8 cm³/mol. The first-order valence-electron chi connectivity index (χ1n) is 8.43. The Kier molecular flexibility index (Phi) is 8.49. The lowest BCUT2D eigenvalue weighted by Gasteiger charge is -2.06. The molecule has 1 heterocycles. The fraction of sp³-hybridized carbons (Fsp3) is 0.647. The molecule has 0 spiro atoms. The van der Waals surface area contributed by atoms with E-state index >= 15 is 0 Å². The van der Waals surface area contributed by atoms with Crippen molar-refractivity contribution >= 4 is 11.9 Å². The highest BCUT2D eigenvalue weighted by Gasteiger charge is 2.11. The van der Waals surface area contributed by atoms with Crippen molar-refractivity contribution in [1.82, 2.24) is 4.57 Å². The molecule has 1 aromatic heterocycles. The highest BCUT2D eigenvalue weighted by Crippen LogP contribution is 2.15. The van der Waals surface area contributed by atoms with E-state index in [1.165, 1.54) is 11.1 Å². The molecule has 0 aliphatic rings. The van der Waals surface area contributed by atoms with E-state index in [1.54, 1.807) is 0 Å². The molecule has 0 saturated heterocycles.